The van der Waals surface area contributed by atoms with Crippen LogP contribution in [0.4, 0.5) is 4.39 Å². The molecule has 2 N–H and O–H groups in total. The van der Waals surface area contributed by atoms with E-state index >= 15 is 0 Å². The lowest BCUT2D eigenvalue weighted by Gasteiger charge is -2.23. The number of nitrogens with one attached hydrogen (secondary N) is 2. The number of aromatic amines is 1. The maximum Gasteiger partial charge on any atom is 0.242 e. The van der Waals surface area contributed by atoms with E-state index in [1.165, 1.54) is 12.1 Å². The van der Waals surface area contributed by atoms with Crippen LogP contribution in [0.3, 0.4) is 0 Å². The number of amides is 1. The van der Waals surface area contributed by atoms with Crippen molar-refractivity contribution in [3.05, 3.63) is 65.6 Å². The van der Waals surface area contributed by atoms with Gasteiger partial charge in [0.15, 0.2) is 0 Å². The van der Waals surface area contributed by atoms with E-state index in [0.29, 0.717) is 12.1 Å². The molecule has 0 saturated carbocycles. The number of fused-ring (bicyclic) bond motifs is 1. The van der Waals surface area contributed by atoms with Gasteiger partial charge in [0, 0.05) is 16.6 Å². The van der Waals surface area contributed by atoms with Gasteiger partial charge in [-0.3, -0.25) is 9.69 Å². The normalized spacial score (nSPS) is 12.3. The number of likely N-dealkylation sites (N-methyl/N-ethyl adjacent to an activating group) is 1. The van der Waals surface area contributed by atoms with Gasteiger partial charge in [0.05, 0.1) is 13.7 Å². The van der Waals surface area contributed by atoms with Crippen LogP contribution in [0.1, 0.15) is 17.3 Å². The Morgan fingerprint density at radius 2 is 2.04 bits per heavy atom. The van der Waals surface area contributed by atoms with Crippen molar-refractivity contribution in [2.75, 3.05) is 21.2 Å². The van der Waals surface area contributed by atoms with Crippen molar-refractivity contribution in [1.82, 2.24) is 15.2 Å². The maximum absolute atomic E-state index is 13.5. The second-order valence-corrected chi connectivity index (χ2v) is 6.39. The number of carbonyl (C=O) groups excluding carboxylic acids is 1. The molecular weight excluding hydrogens is 333 g/mol. The highest BCUT2D eigenvalue weighted by Gasteiger charge is 2.23. The molecule has 0 aliphatic carbocycles. The smallest absolute Gasteiger partial charge is 0.242 e. The van der Waals surface area contributed by atoms with Crippen molar-refractivity contribution >= 4 is 16.8 Å². The molecule has 0 aliphatic rings. The van der Waals surface area contributed by atoms with Crippen molar-refractivity contribution in [3.8, 4) is 5.75 Å². The number of ether oxygens (including phenoxy) is 1. The number of benzene rings is 2. The van der Waals surface area contributed by atoms with Gasteiger partial charge in [0.2, 0.25) is 5.91 Å². The molecule has 6 heteroatoms. The minimum atomic E-state index is -0.560. The predicted molar refractivity (Wildman–Crippen MR) is 99.5 cm³/mol. The molecular formula is C20H22FN3O2. The molecule has 0 radical (unpaired) electrons. The topological polar surface area (TPSA) is 57.4 Å². The van der Waals surface area contributed by atoms with Crippen LogP contribution in [0.25, 0.3) is 10.9 Å². The molecule has 1 heterocycles. The number of hydrogen-bond acceptors (Lipinski definition) is 3. The molecule has 3 rings (SSSR count). The van der Waals surface area contributed by atoms with Gasteiger partial charge in [-0.25, -0.2) is 4.39 Å². The first-order valence-electron chi connectivity index (χ1n) is 8.33. The Labute approximate surface area is 151 Å². The van der Waals surface area contributed by atoms with Crippen LogP contribution < -0.4 is 10.1 Å². The van der Waals surface area contributed by atoms with Crippen LogP contribution in [0.2, 0.25) is 0 Å². The largest absolute Gasteiger partial charge is 0.497 e. The number of rotatable bonds is 6. The van der Waals surface area contributed by atoms with E-state index in [0.717, 1.165) is 22.3 Å². The van der Waals surface area contributed by atoms with Gasteiger partial charge < -0.3 is 15.0 Å². The molecule has 2 aromatic carbocycles. The average Bonchev–Trinajstić information content (AvgIpc) is 3.01. The summed E-state index contributed by atoms with van der Waals surface area (Å²) in [5, 5.41) is 3.94. The van der Waals surface area contributed by atoms with Gasteiger partial charge in [-0.15, -0.1) is 0 Å². The highest BCUT2D eigenvalue weighted by molar-refractivity contribution is 5.84. The van der Waals surface area contributed by atoms with Crippen LogP contribution in [0, 0.1) is 5.82 Å². The first kappa shape index (κ1) is 17.9. The van der Waals surface area contributed by atoms with Gasteiger partial charge in [-0.2, -0.15) is 0 Å². The first-order valence-corrected chi connectivity index (χ1v) is 8.33. The van der Waals surface area contributed by atoms with Crippen molar-refractivity contribution in [2.24, 2.45) is 0 Å². The number of hydrogen-bond donors (Lipinski definition) is 2. The quantitative estimate of drug-likeness (QED) is 0.714. The molecule has 0 aliphatic heterocycles. The lowest BCUT2D eigenvalue weighted by Crippen LogP contribution is -2.36. The van der Waals surface area contributed by atoms with Crippen molar-refractivity contribution in [3.63, 3.8) is 0 Å². The predicted octanol–water partition coefficient (Wildman–Crippen LogP) is 3.23. The van der Waals surface area contributed by atoms with Crippen LogP contribution >= 0.6 is 0 Å². The van der Waals surface area contributed by atoms with E-state index in [1.54, 1.807) is 38.2 Å². The number of methoxy groups -OCH3 is 1. The molecule has 1 aromatic heterocycles. The van der Waals surface area contributed by atoms with Gasteiger partial charge in [-0.1, -0.05) is 12.1 Å². The molecule has 5 nitrogen and oxygen atoms in total. The van der Waals surface area contributed by atoms with Gasteiger partial charge in [-0.05, 0) is 56.1 Å². The first-order chi connectivity index (χ1) is 12.5. The summed E-state index contributed by atoms with van der Waals surface area (Å²) < 4.78 is 18.7. The molecule has 26 heavy (non-hydrogen) atoms. The fraction of sp³-hybridized carbons (Fsp3) is 0.250. The SMILES string of the molecule is COc1ccc2[nH]c(CNC(=O)[C@@H](c3cccc(F)c3)N(C)C)cc2c1. The van der Waals surface area contributed by atoms with Crippen LogP contribution in [0.15, 0.2) is 48.5 Å². The summed E-state index contributed by atoms with van der Waals surface area (Å²) in [6.07, 6.45) is 0. The average molecular weight is 355 g/mol. The summed E-state index contributed by atoms with van der Waals surface area (Å²) >= 11 is 0. The molecule has 3 aromatic rings. The number of aromatic nitrogens is 1. The maximum atomic E-state index is 13.5. The zero-order chi connectivity index (χ0) is 18.7. The number of carbonyl (C=O) groups is 1. The van der Waals surface area contributed by atoms with E-state index in [-0.39, 0.29) is 11.7 Å². The third-order valence-corrected chi connectivity index (χ3v) is 4.27. The third kappa shape index (κ3) is 3.86. The summed E-state index contributed by atoms with van der Waals surface area (Å²) in [5.41, 5.74) is 2.48. The molecule has 0 bridgehead atoms. The Morgan fingerprint density at radius 3 is 2.73 bits per heavy atom. The van der Waals surface area contributed by atoms with E-state index in [9.17, 15) is 9.18 Å². The summed E-state index contributed by atoms with van der Waals surface area (Å²) in [6.45, 7) is 0.357. The Bertz CT molecular complexity index is 920. The standard InChI is InChI=1S/C20H22FN3O2/c1-24(2)19(13-5-4-6-15(21)9-13)20(25)22-12-16-10-14-11-17(26-3)7-8-18(14)23-16/h4-11,19,23H,12H2,1-3H3,(H,22,25)/t19-/m1/s1. The van der Waals surface area contributed by atoms with Gasteiger partial charge in [0.1, 0.15) is 17.6 Å². The van der Waals surface area contributed by atoms with E-state index in [4.69, 9.17) is 4.74 Å². The molecule has 0 fully saturated rings. The Balaban J connectivity index is 1.74. The number of H-pyrrole nitrogens is 1. The zero-order valence-corrected chi connectivity index (χ0v) is 15.0. The second kappa shape index (κ2) is 7.58. The summed E-state index contributed by atoms with van der Waals surface area (Å²) in [6, 6.07) is 13.3. The lowest BCUT2D eigenvalue weighted by molar-refractivity contribution is -0.126. The molecule has 136 valence electrons. The van der Waals surface area contributed by atoms with E-state index in [1.807, 2.05) is 24.3 Å². The van der Waals surface area contributed by atoms with Gasteiger partial charge in [0.25, 0.3) is 0 Å². The second-order valence-electron chi connectivity index (χ2n) is 6.39. The Morgan fingerprint density at radius 1 is 1.23 bits per heavy atom. The number of halogens is 1. The van der Waals surface area contributed by atoms with Crippen molar-refractivity contribution < 1.29 is 13.9 Å². The molecule has 1 amide bonds. The van der Waals surface area contributed by atoms with E-state index in [2.05, 4.69) is 10.3 Å². The third-order valence-electron chi connectivity index (χ3n) is 4.27. The van der Waals surface area contributed by atoms with Crippen LogP contribution in [0.5, 0.6) is 5.75 Å². The fourth-order valence-electron chi connectivity index (χ4n) is 3.03. The van der Waals surface area contributed by atoms with Crippen LogP contribution in [-0.2, 0) is 11.3 Å². The molecule has 1 atom stereocenters. The summed E-state index contributed by atoms with van der Waals surface area (Å²) in [5.74, 6) is 0.245. The minimum Gasteiger partial charge on any atom is -0.497 e. The zero-order valence-electron chi connectivity index (χ0n) is 15.0. The Kier molecular flexibility index (Phi) is 5.23. The van der Waals surface area contributed by atoms with Crippen molar-refractivity contribution in [2.45, 2.75) is 12.6 Å². The van der Waals surface area contributed by atoms with Gasteiger partial charge >= 0.3 is 0 Å². The summed E-state index contributed by atoms with van der Waals surface area (Å²) in [7, 11) is 5.22. The summed E-state index contributed by atoms with van der Waals surface area (Å²) in [4.78, 5) is 17.7. The fourth-order valence-corrected chi connectivity index (χ4v) is 3.03. The van der Waals surface area contributed by atoms with E-state index < -0.39 is 6.04 Å². The minimum absolute atomic E-state index is 0.183. The highest BCUT2D eigenvalue weighted by Crippen LogP contribution is 2.22. The molecule has 0 spiro atoms. The van der Waals surface area contributed by atoms with Crippen molar-refractivity contribution in [1.29, 1.82) is 0 Å². The Hall–Kier alpha value is -2.86. The highest BCUT2D eigenvalue weighted by atomic mass is 19.1. The lowest BCUT2D eigenvalue weighted by atomic mass is 10.1. The molecule has 0 unspecified atom stereocenters. The monoisotopic (exact) mass is 355 g/mol. The number of nitrogens with zero attached hydrogens (tertiary/aromatic N) is 1. The molecule has 0 saturated heterocycles. The van der Waals surface area contributed by atoms with Crippen LogP contribution in [-0.4, -0.2) is 37.0 Å².